The molecule has 3 aliphatic rings. The van der Waals surface area contributed by atoms with Gasteiger partial charge in [0.1, 0.15) is 11.2 Å². The van der Waals surface area contributed by atoms with Crippen molar-refractivity contribution in [3.05, 3.63) is 162 Å². The van der Waals surface area contributed by atoms with Crippen molar-refractivity contribution in [2.24, 2.45) is 0 Å². The van der Waals surface area contributed by atoms with Gasteiger partial charge in [-0.05, 0) is 121 Å². The fourth-order valence-electron chi connectivity index (χ4n) is 11.9. The first-order valence-electron chi connectivity index (χ1n) is 22.9. The number of furan rings is 1. The van der Waals surface area contributed by atoms with Gasteiger partial charge in [-0.15, -0.1) is 11.3 Å². The Morgan fingerprint density at radius 2 is 1.27 bits per heavy atom. The van der Waals surface area contributed by atoms with E-state index in [1.165, 1.54) is 120 Å². The summed E-state index contributed by atoms with van der Waals surface area (Å²) in [6, 6.07) is 54.0. The summed E-state index contributed by atoms with van der Waals surface area (Å²) >= 11 is 1.90. The third kappa shape index (κ3) is 4.68. The van der Waals surface area contributed by atoms with Gasteiger partial charge in [-0.25, -0.2) is 0 Å². The van der Waals surface area contributed by atoms with E-state index in [0.717, 1.165) is 16.6 Å². The van der Waals surface area contributed by atoms with Gasteiger partial charge in [-0.2, -0.15) is 0 Å². The van der Waals surface area contributed by atoms with Crippen molar-refractivity contribution >= 4 is 104 Å². The number of fused-ring (bicyclic) bond motifs is 17. The van der Waals surface area contributed by atoms with E-state index in [4.69, 9.17) is 4.42 Å². The van der Waals surface area contributed by atoms with Gasteiger partial charge in [-0.3, -0.25) is 0 Å². The van der Waals surface area contributed by atoms with Crippen LogP contribution in [0.3, 0.4) is 0 Å². The highest BCUT2D eigenvalue weighted by molar-refractivity contribution is 7.25. The van der Waals surface area contributed by atoms with Gasteiger partial charge in [0, 0.05) is 69.8 Å². The van der Waals surface area contributed by atoms with Gasteiger partial charge < -0.3 is 13.8 Å². The van der Waals surface area contributed by atoms with Crippen LogP contribution >= 0.6 is 11.3 Å². The highest BCUT2D eigenvalue weighted by atomic mass is 32.1. The summed E-state index contributed by atoms with van der Waals surface area (Å²) < 4.78 is 12.1. The second kappa shape index (κ2) is 12.0. The first-order chi connectivity index (χ1) is 30.7. The average Bonchev–Trinajstić information content (AvgIpc) is 3.99. The molecule has 0 fully saturated rings. The van der Waals surface area contributed by atoms with Crippen LogP contribution in [0.1, 0.15) is 77.6 Å². The highest BCUT2D eigenvalue weighted by Crippen LogP contribution is 2.53. The summed E-state index contributed by atoms with van der Waals surface area (Å²) in [4.78, 5) is 2.68. The fourth-order valence-corrected chi connectivity index (χ4v) is 13.1. The molecule has 3 aromatic heterocycles. The zero-order valence-corrected chi connectivity index (χ0v) is 38.4. The summed E-state index contributed by atoms with van der Waals surface area (Å²) in [5.74, 6) is 0. The van der Waals surface area contributed by atoms with Crippen LogP contribution in [0, 0.1) is 0 Å². The molecule has 1 aliphatic carbocycles. The van der Waals surface area contributed by atoms with Crippen LogP contribution in [0.4, 0.5) is 11.4 Å². The zero-order valence-electron chi connectivity index (χ0n) is 37.6. The van der Waals surface area contributed by atoms with E-state index < -0.39 is 0 Å². The molecule has 0 amide bonds. The Morgan fingerprint density at radius 3 is 2.08 bits per heavy atom. The number of thiophene rings is 1. The normalized spacial score (nSPS) is 14.9. The lowest BCUT2D eigenvalue weighted by molar-refractivity contribution is 0.590. The van der Waals surface area contributed by atoms with E-state index in [-0.39, 0.29) is 23.1 Å². The molecule has 0 spiro atoms. The van der Waals surface area contributed by atoms with Crippen molar-refractivity contribution in [2.75, 3.05) is 4.81 Å². The molecule has 5 heterocycles. The van der Waals surface area contributed by atoms with Gasteiger partial charge in [0.25, 0.3) is 0 Å². The third-order valence-corrected chi connectivity index (χ3v) is 16.4. The molecule has 0 saturated carbocycles. The Labute approximate surface area is 377 Å². The Morgan fingerprint density at radius 1 is 0.516 bits per heavy atom. The number of nitrogens with zero attached hydrogens (tertiary/aromatic N) is 2. The zero-order chi connectivity index (χ0) is 43.3. The van der Waals surface area contributed by atoms with E-state index in [2.05, 4.69) is 204 Å². The maximum Gasteiger partial charge on any atom is 0.333 e. The van der Waals surface area contributed by atoms with Crippen LogP contribution < -0.4 is 15.7 Å². The van der Waals surface area contributed by atoms with Crippen LogP contribution in [0.25, 0.3) is 91.9 Å². The second-order valence-corrected chi connectivity index (χ2v) is 22.4. The van der Waals surface area contributed by atoms with E-state index in [1.807, 2.05) is 11.3 Å². The van der Waals surface area contributed by atoms with Gasteiger partial charge >= 0.3 is 6.85 Å². The molecule has 0 saturated heterocycles. The molecule has 0 radical (unpaired) electrons. The van der Waals surface area contributed by atoms with Crippen molar-refractivity contribution in [3.8, 4) is 27.9 Å². The standard InChI is InChI=1S/C59H47BN2OS/c1-57(2,3)32-17-20-34(21-18-32)62-49-27-43-42-25-33(58(4,5)6)19-24-51(42)63-52(43)29-40(49)37-22-23-38-41-30-54-44(36-14-10-12-16-53(36)64-54)28-48(41)61-50-31-46-39(26-47(50)60(62)55(37)56(38)61)35-13-9-11-15-45(35)59(46,7)8/h9-31H,1-8H3. The Bertz CT molecular complexity index is 3900. The second-order valence-electron chi connectivity index (χ2n) is 21.3. The van der Waals surface area contributed by atoms with Crippen LogP contribution in [0.2, 0.25) is 0 Å². The molecule has 308 valence electrons. The third-order valence-electron chi connectivity index (χ3n) is 15.3. The summed E-state index contributed by atoms with van der Waals surface area (Å²) in [5, 5.41) is 7.59. The molecule has 5 heteroatoms. The molecule has 11 aromatic rings. The molecule has 8 aromatic carbocycles. The molecule has 14 rings (SSSR count). The van der Waals surface area contributed by atoms with Gasteiger partial charge in [-0.1, -0.05) is 134 Å². The lowest BCUT2D eigenvalue weighted by atomic mass is 9.43. The topological polar surface area (TPSA) is 21.3 Å². The number of anilines is 2. The molecule has 0 unspecified atom stereocenters. The lowest BCUT2D eigenvalue weighted by Crippen LogP contribution is -2.60. The largest absolute Gasteiger partial charge is 0.456 e. The first-order valence-corrected chi connectivity index (χ1v) is 23.7. The summed E-state index contributed by atoms with van der Waals surface area (Å²) in [5.41, 5.74) is 21.3. The molecule has 3 nitrogen and oxygen atoms in total. The van der Waals surface area contributed by atoms with E-state index in [0.29, 0.717) is 0 Å². The van der Waals surface area contributed by atoms with Crippen molar-refractivity contribution in [3.63, 3.8) is 0 Å². The predicted octanol–water partition coefficient (Wildman–Crippen LogP) is 15.2. The summed E-state index contributed by atoms with van der Waals surface area (Å²) in [7, 11) is 0. The number of hydrogen-bond acceptors (Lipinski definition) is 3. The maximum atomic E-state index is 6.80. The lowest BCUT2D eigenvalue weighted by Gasteiger charge is -2.42. The SMILES string of the molecule is CC(C)(C)c1ccc(N2B3c4cc5c(cc4-n4c6cc7c(cc6c6ccc(c3c64)-c3cc4oc6ccc(C(C)(C)C)cc6c4cc32)sc2ccccc27)C(C)(C)c2ccccc2-5)cc1. The predicted molar refractivity (Wildman–Crippen MR) is 275 cm³/mol. The van der Waals surface area contributed by atoms with Crippen LogP contribution in [0.5, 0.6) is 0 Å². The number of rotatable bonds is 1. The molecular weight excluding hydrogens is 796 g/mol. The molecule has 2 aliphatic heterocycles. The average molecular weight is 843 g/mol. The fraction of sp³-hybridized carbons (Fsp3) is 0.186. The van der Waals surface area contributed by atoms with Crippen molar-refractivity contribution in [2.45, 2.75) is 71.6 Å². The van der Waals surface area contributed by atoms with Crippen molar-refractivity contribution < 1.29 is 4.42 Å². The van der Waals surface area contributed by atoms with Gasteiger partial charge in [0.15, 0.2) is 0 Å². The van der Waals surface area contributed by atoms with Crippen LogP contribution in [-0.4, -0.2) is 11.4 Å². The van der Waals surface area contributed by atoms with E-state index in [1.54, 1.807) is 0 Å². The minimum atomic E-state index is -0.149. The Kier molecular flexibility index (Phi) is 6.89. The summed E-state index contributed by atoms with van der Waals surface area (Å²) in [6.45, 7) is 18.5. The molecule has 64 heavy (non-hydrogen) atoms. The minimum absolute atomic E-state index is 0.0110. The van der Waals surface area contributed by atoms with Crippen molar-refractivity contribution in [1.29, 1.82) is 0 Å². The Balaban J connectivity index is 1.15. The minimum Gasteiger partial charge on any atom is -0.456 e. The Hall–Kier alpha value is -6.56. The summed E-state index contributed by atoms with van der Waals surface area (Å²) in [6.07, 6.45) is 0. The number of aromatic nitrogens is 1. The smallest absolute Gasteiger partial charge is 0.333 e. The number of benzene rings is 8. The molecule has 0 N–H and O–H groups in total. The molecule has 0 atom stereocenters. The highest BCUT2D eigenvalue weighted by Gasteiger charge is 2.46. The van der Waals surface area contributed by atoms with Crippen LogP contribution in [0.15, 0.2) is 144 Å². The number of hydrogen-bond donors (Lipinski definition) is 0. The first kappa shape index (κ1) is 36.9. The van der Waals surface area contributed by atoms with E-state index >= 15 is 0 Å². The van der Waals surface area contributed by atoms with Crippen molar-refractivity contribution in [1.82, 2.24) is 4.57 Å². The van der Waals surface area contributed by atoms with E-state index in [9.17, 15) is 0 Å². The molecular formula is C59H47BN2OS. The van der Waals surface area contributed by atoms with Crippen LogP contribution in [-0.2, 0) is 16.2 Å². The maximum absolute atomic E-state index is 6.80. The van der Waals surface area contributed by atoms with Gasteiger partial charge in [0.05, 0.1) is 11.0 Å². The monoisotopic (exact) mass is 842 g/mol. The van der Waals surface area contributed by atoms with Gasteiger partial charge in [0.2, 0.25) is 0 Å². The molecule has 0 bridgehead atoms. The quantitative estimate of drug-likeness (QED) is 0.154.